The fraction of sp³-hybridized carbons (Fsp3) is 0.450. The van der Waals surface area contributed by atoms with Gasteiger partial charge in [0.1, 0.15) is 16.4 Å². The SMILES string of the molecule is Cc1nc(N2CCC3(CCOC3)CC2)c2ccnn2c1Sc1ccnc(N)c1Cl. The molecule has 1 spiro atoms. The number of nitrogen functional groups attached to an aromatic ring is 1. The number of pyridine rings is 1. The minimum Gasteiger partial charge on any atom is -0.382 e. The van der Waals surface area contributed by atoms with E-state index in [-0.39, 0.29) is 0 Å². The quantitative estimate of drug-likeness (QED) is 0.676. The highest BCUT2D eigenvalue weighted by Crippen LogP contribution is 2.42. The second kappa shape index (κ2) is 7.34. The predicted molar refractivity (Wildman–Crippen MR) is 115 cm³/mol. The molecule has 5 heterocycles. The highest BCUT2D eigenvalue weighted by Gasteiger charge is 2.38. The Morgan fingerprint density at radius 2 is 2.03 bits per heavy atom. The number of hydrogen-bond donors (Lipinski definition) is 1. The van der Waals surface area contributed by atoms with E-state index in [2.05, 4.69) is 15.0 Å². The number of anilines is 2. The van der Waals surface area contributed by atoms with E-state index in [1.807, 2.05) is 29.8 Å². The molecule has 29 heavy (non-hydrogen) atoms. The molecule has 0 amide bonds. The first-order chi connectivity index (χ1) is 14.1. The zero-order chi connectivity index (χ0) is 20.0. The van der Waals surface area contributed by atoms with E-state index in [1.165, 1.54) is 18.2 Å². The smallest absolute Gasteiger partial charge is 0.155 e. The predicted octanol–water partition coefficient (Wildman–Crippen LogP) is 3.83. The molecule has 2 aliphatic heterocycles. The van der Waals surface area contributed by atoms with Gasteiger partial charge in [-0.25, -0.2) is 14.5 Å². The molecule has 2 aliphatic rings. The first-order valence-electron chi connectivity index (χ1n) is 9.81. The van der Waals surface area contributed by atoms with E-state index in [0.717, 1.165) is 66.1 Å². The van der Waals surface area contributed by atoms with Crippen molar-refractivity contribution in [2.45, 2.75) is 36.1 Å². The molecule has 7 nitrogen and oxygen atoms in total. The maximum absolute atomic E-state index is 6.36. The van der Waals surface area contributed by atoms with Crippen LogP contribution in [-0.2, 0) is 4.74 Å². The summed E-state index contributed by atoms with van der Waals surface area (Å²) in [6.07, 6.45) is 6.97. The van der Waals surface area contributed by atoms with Crippen LogP contribution in [-0.4, -0.2) is 45.9 Å². The Morgan fingerprint density at radius 3 is 2.79 bits per heavy atom. The highest BCUT2D eigenvalue weighted by molar-refractivity contribution is 7.99. The third-order valence-electron chi connectivity index (χ3n) is 6.04. The van der Waals surface area contributed by atoms with Crippen molar-refractivity contribution in [1.82, 2.24) is 19.6 Å². The van der Waals surface area contributed by atoms with Crippen LogP contribution in [0, 0.1) is 12.3 Å². The minimum atomic E-state index is 0.328. The molecule has 0 bridgehead atoms. The Morgan fingerprint density at radius 1 is 1.21 bits per heavy atom. The third kappa shape index (κ3) is 3.33. The molecule has 152 valence electrons. The molecule has 0 aromatic carbocycles. The second-order valence-electron chi connectivity index (χ2n) is 7.85. The molecule has 2 N–H and O–H groups in total. The number of piperidine rings is 1. The van der Waals surface area contributed by atoms with Crippen LogP contribution in [0.3, 0.4) is 0 Å². The van der Waals surface area contributed by atoms with Gasteiger partial charge < -0.3 is 15.4 Å². The molecular formula is C20H23ClN6OS. The number of halogens is 1. The van der Waals surface area contributed by atoms with Crippen LogP contribution in [0.15, 0.2) is 34.4 Å². The largest absolute Gasteiger partial charge is 0.382 e. The molecule has 3 aromatic heterocycles. The van der Waals surface area contributed by atoms with Crippen LogP contribution in [0.2, 0.25) is 5.02 Å². The Labute approximate surface area is 178 Å². The van der Waals surface area contributed by atoms with E-state index in [0.29, 0.717) is 16.3 Å². The molecule has 9 heteroatoms. The lowest BCUT2D eigenvalue weighted by molar-refractivity contribution is 0.133. The van der Waals surface area contributed by atoms with Crippen molar-refractivity contribution in [3.8, 4) is 0 Å². The second-order valence-corrected chi connectivity index (χ2v) is 9.26. The molecule has 2 fully saturated rings. The van der Waals surface area contributed by atoms with Gasteiger partial charge in [-0.05, 0) is 43.7 Å². The van der Waals surface area contributed by atoms with Gasteiger partial charge >= 0.3 is 0 Å². The standard InChI is InChI=1S/C20H23ClN6OS/c1-13-19(29-15-3-7-23-17(22)16(15)21)27-14(2-8-24-27)18(25-13)26-9-4-20(5-10-26)6-11-28-12-20/h2-3,7-8H,4-6,9-12H2,1H3,(H2,22,23). The zero-order valence-corrected chi connectivity index (χ0v) is 17.8. The average molecular weight is 431 g/mol. The van der Waals surface area contributed by atoms with Crippen molar-refractivity contribution < 1.29 is 4.74 Å². The summed E-state index contributed by atoms with van der Waals surface area (Å²) in [6.45, 7) is 5.81. The molecule has 5 rings (SSSR count). The first-order valence-corrected chi connectivity index (χ1v) is 11.0. The summed E-state index contributed by atoms with van der Waals surface area (Å²) in [5.41, 5.74) is 8.16. The summed E-state index contributed by atoms with van der Waals surface area (Å²) in [5, 5.41) is 5.96. The molecule has 3 aromatic rings. The van der Waals surface area contributed by atoms with Gasteiger partial charge in [0.2, 0.25) is 0 Å². The lowest BCUT2D eigenvalue weighted by atomic mass is 9.78. The Hall–Kier alpha value is -2.03. The third-order valence-corrected chi connectivity index (χ3v) is 7.77. The number of nitrogens with two attached hydrogens (primary N) is 1. The summed E-state index contributed by atoms with van der Waals surface area (Å²) in [6, 6.07) is 3.89. The summed E-state index contributed by atoms with van der Waals surface area (Å²) < 4.78 is 7.63. The fourth-order valence-electron chi connectivity index (χ4n) is 4.26. The maximum atomic E-state index is 6.36. The van der Waals surface area contributed by atoms with Gasteiger partial charge in [0.25, 0.3) is 0 Å². The summed E-state index contributed by atoms with van der Waals surface area (Å²) in [5.74, 6) is 1.33. The summed E-state index contributed by atoms with van der Waals surface area (Å²) >= 11 is 7.87. The van der Waals surface area contributed by atoms with Crippen LogP contribution in [0.1, 0.15) is 25.0 Å². The number of hydrogen-bond acceptors (Lipinski definition) is 7. The van der Waals surface area contributed by atoms with Crippen LogP contribution in [0.5, 0.6) is 0 Å². The van der Waals surface area contributed by atoms with E-state index in [9.17, 15) is 0 Å². The molecule has 0 saturated carbocycles. The first kappa shape index (κ1) is 19.0. The summed E-state index contributed by atoms with van der Waals surface area (Å²) in [4.78, 5) is 12.3. The Kier molecular flexibility index (Phi) is 4.80. The van der Waals surface area contributed by atoms with Gasteiger partial charge in [-0.3, -0.25) is 0 Å². The van der Waals surface area contributed by atoms with Crippen molar-refractivity contribution in [3.05, 3.63) is 35.2 Å². The van der Waals surface area contributed by atoms with E-state index in [4.69, 9.17) is 27.1 Å². The molecule has 0 atom stereocenters. The Balaban J connectivity index is 1.48. The van der Waals surface area contributed by atoms with Gasteiger partial charge in [-0.1, -0.05) is 23.4 Å². The van der Waals surface area contributed by atoms with E-state index < -0.39 is 0 Å². The molecule has 2 saturated heterocycles. The topological polar surface area (TPSA) is 81.6 Å². The van der Waals surface area contributed by atoms with Gasteiger partial charge in [0, 0.05) is 30.8 Å². The number of rotatable bonds is 3. The van der Waals surface area contributed by atoms with Crippen molar-refractivity contribution in [3.63, 3.8) is 0 Å². The maximum Gasteiger partial charge on any atom is 0.155 e. The van der Waals surface area contributed by atoms with Gasteiger partial charge in [-0.15, -0.1) is 0 Å². The van der Waals surface area contributed by atoms with Gasteiger partial charge in [0.05, 0.1) is 23.5 Å². The zero-order valence-electron chi connectivity index (χ0n) is 16.3. The van der Waals surface area contributed by atoms with Crippen LogP contribution >= 0.6 is 23.4 Å². The number of nitrogens with zero attached hydrogens (tertiary/aromatic N) is 5. The average Bonchev–Trinajstić information content (AvgIpc) is 3.38. The van der Waals surface area contributed by atoms with Gasteiger partial charge in [0.15, 0.2) is 5.82 Å². The number of ether oxygens (including phenoxy) is 1. The summed E-state index contributed by atoms with van der Waals surface area (Å²) in [7, 11) is 0. The van der Waals surface area contributed by atoms with Crippen molar-refractivity contribution in [2.75, 3.05) is 36.9 Å². The fourth-order valence-corrected chi connectivity index (χ4v) is 5.45. The lowest BCUT2D eigenvalue weighted by Crippen LogP contribution is -2.41. The van der Waals surface area contributed by atoms with E-state index in [1.54, 1.807) is 6.20 Å². The number of aromatic nitrogens is 4. The van der Waals surface area contributed by atoms with Crippen molar-refractivity contribution in [1.29, 1.82) is 0 Å². The number of aryl methyl sites for hydroxylation is 1. The van der Waals surface area contributed by atoms with Crippen molar-refractivity contribution in [2.24, 2.45) is 5.41 Å². The minimum absolute atomic E-state index is 0.328. The van der Waals surface area contributed by atoms with E-state index >= 15 is 0 Å². The normalized spacial score (nSPS) is 18.8. The Bertz CT molecular complexity index is 1050. The molecule has 0 unspecified atom stereocenters. The molecule has 0 radical (unpaired) electrons. The molecule has 0 aliphatic carbocycles. The van der Waals surface area contributed by atoms with Crippen LogP contribution < -0.4 is 10.6 Å². The highest BCUT2D eigenvalue weighted by atomic mass is 35.5. The molecular weight excluding hydrogens is 408 g/mol. The lowest BCUT2D eigenvalue weighted by Gasteiger charge is -2.39. The monoisotopic (exact) mass is 430 g/mol. The van der Waals surface area contributed by atoms with Gasteiger partial charge in [-0.2, -0.15) is 5.10 Å². The number of fused-ring (bicyclic) bond motifs is 1. The van der Waals surface area contributed by atoms with Crippen LogP contribution in [0.4, 0.5) is 11.6 Å². The van der Waals surface area contributed by atoms with Crippen molar-refractivity contribution >= 4 is 40.5 Å². The van der Waals surface area contributed by atoms with Crippen LogP contribution in [0.25, 0.3) is 5.52 Å².